The van der Waals surface area contributed by atoms with Gasteiger partial charge in [-0.1, -0.05) is 24.9 Å². The normalized spacial score (nSPS) is 15.3. The minimum absolute atomic E-state index is 0.200. The number of nitrogens with one attached hydrogen (secondary N) is 1. The summed E-state index contributed by atoms with van der Waals surface area (Å²) in [6.45, 7) is 8.68. The molecule has 0 amide bonds. The summed E-state index contributed by atoms with van der Waals surface area (Å²) in [4.78, 5) is 16.8. The number of nitrogens with zero attached hydrogens (tertiary/aromatic N) is 4. The molecule has 1 fully saturated rings. The quantitative estimate of drug-likeness (QED) is 0.296. The van der Waals surface area contributed by atoms with Crippen molar-refractivity contribution in [2.45, 2.75) is 52.0 Å². The van der Waals surface area contributed by atoms with Gasteiger partial charge in [0.05, 0.1) is 27.0 Å². The summed E-state index contributed by atoms with van der Waals surface area (Å²) in [5.74, 6) is 1.17. The molecule has 1 aliphatic heterocycles. The summed E-state index contributed by atoms with van der Waals surface area (Å²) in [6.07, 6.45) is 4.75. The fourth-order valence-corrected chi connectivity index (χ4v) is 5.89. The van der Waals surface area contributed by atoms with Gasteiger partial charge in [-0.3, -0.25) is 0 Å². The molecule has 33 heavy (non-hydrogen) atoms. The molecule has 0 saturated carbocycles. The molecule has 0 atom stereocenters. The Morgan fingerprint density at radius 1 is 1.24 bits per heavy atom. The summed E-state index contributed by atoms with van der Waals surface area (Å²) in [5, 5.41) is 1.04. The van der Waals surface area contributed by atoms with Gasteiger partial charge in [-0.25, -0.2) is 19.3 Å². The monoisotopic (exact) mass is 486 g/mol. The number of aromatic nitrogens is 3. The minimum atomic E-state index is -0.296. The number of likely N-dealkylation sites (tertiary alicyclic amines) is 1. The second-order valence-electron chi connectivity index (χ2n) is 8.55. The molecule has 1 aliphatic rings. The molecule has 1 aromatic carbocycles. The van der Waals surface area contributed by atoms with Crippen LogP contribution >= 0.6 is 23.3 Å². The van der Waals surface area contributed by atoms with Crippen LogP contribution in [-0.4, -0.2) is 44.7 Å². The number of hydrogen-bond acceptors (Lipinski definition) is 8. The van der Waals surface area contributed by atoms with Gasteiger partial charge >= 0.3 is 0 Å². The zero-order valence-corrected chi connectivity index (χ0v) is 21.0. The van der Waals surface area contributed by atoms with E-state index in [1.807, 2.05) is 12.1 Å². The van der Waals surface area contributed by atoms with Crippen LogP contribution in [0.2, 0.25) is 0 Å². The first-order chi connectivity index (χ1) is 16.0. The lowest BCUT2D eigenvalue weighted by molar-refractivity contribution is 0.172. The molecule has 0 radical (unpaired) electrons. The van der Waals surface area contributed by atoms with Crippen molar-refractivity contribution < 1.29 is 4.39 Å². The maximum absolute atomic E-state index is 15.6. The molecule has 176 valence electrons. The number of piperidine rings is 1. The zero-order chi connectivity index (χ0) is 23.4. The maximum atomic E-state index is 15.6. The Morgan fingerprint density at radius 3 is 2.73 bits per heavy atom. The van der Waals surface area contributed by atoms with Gasteiger partial charge in [0.2, 0.25) is 5.95 Å². The molecule has 6 nitrogen and oxygen atoms in total. The van der Waals surface area contributed by atoms with Crippen molar-refractivity contribution in [1.29, 1.82) is 0 Å². The number of thiazole rings is 1. The molecule has 0 unspecified atom stereocenters. The molecule has 0 spiro atoms. The minimum Gasteiger partial charge on any atom is -0.368 e. The van der Waals surface area contributed by atoms with Gasteiger partial charge in [0.25, 0.3) is 0 Å². The second-order valence-corrected chi connectivity index (χ2v) is 10.5. The Labute approximate surface area is 203 Å². The number of benzene rings is 1. The summed E-state index contributed by atoms with van der Waals surface area (Å²) < 4.78 is 18.7. The van der Waals surface area contributed by atoms with E-state index in [4.69, 9.17) is 10.7 Å². The Balaban J connectivity index is 1.72. The van der Waals surface area contributed by atoms with Crippen LogP contribution in [0.4, 0.5) is 16.0 Å². The van der Waals surface area contributed by atoms with Crippen molar-refractivity contribution in [1.82, 2.24) is 19.9 Å². The van der Waals surface area contributed by atoms with Crippen molar-refractivity contribution >= 4 is 34.9 Å². The Kier molecular flexibility index (Phi) is 7.82. The van der Waals surface area contributed by atoms with Crippen molar-refractivity contribution in [3.8, 4) is 21.8 Å². The SMILES string of the molecule is CCCSNc1cccc(-c2nc(C3CCN(C(C)C)CC3)sc2-c2ccnc(N)n2)c1F. The van der Waals surface area contributed by atoms with E-state index in [1.54, 1.807) is 29.7 Å². The number of anilines is 2. The molecule has 4 rings (SSSR count). The summed E-state index contributed by atoms with van der Waals surface area (Å²) in [6, 6.07) is 7.78. The largest absolute Gasteiger partial charge is 0.368 e. The second kappa shape index (κ2) is 10.8. The predicted octanol–water partition coefficient (Wildman–Crippen LogP) is 6.05. The summed E-state index contributed by atoms with van der Waals surface area (Å²) >= 11 is 3.11. The number of rotatable bonds is 8. The average Bonchev–Trinajstić information content (AvgIpc) is 3.26. The molecule has 0 aliphatic carbocycles. The van der Waals surface area contributed by atoms with Crippen molar-refractivity contribution in [2.24, 2.45) is 0 Å². The van der Waals surface area contributed by atoms with Crippen LogP contribution in [0.3, 0.4) is 0 Å². The Bertz CT molecular complexity index is 1080. The van der Waals surface area contributed by atoms with Gasteiger partial charge in [0, 0.05) is 29.5 Å². The van der Waals surface area contributed by atoms with Crippen LogP contribution in [0.1, 0.15) is 51.0 Å². The smallest absolute Gasteiger partial charge is 0.220 e. The van der Waals surface area contributed by atoms with E-state index < -0.39 is 0 Å². The lowest BCUT2D eigenvalue weighted by Crippen LogP contribution is -2.37. The molecule has 2 aromatic heterocycles. The molecular weight excluding hydrogens is 455 g/mol. The van der Waals surface area contributed by atoms with Crippen molar-refractivity contribution in [2.75, 3.05) is 29.3 Å². The molecule has 1 saturated heterocycles. The molecule has 3 heterocycles. The third-order valence-electron chi connectivity index (χ3n) is 5.90. The van der Waals surface area contributed by atoms with Gasteiger partial charge in [0.1, 0.15) is 0 Å². The van der Waals surface area contributed by atoms with Gasteiger partial charge in [-0.15, -0.1) is 11.3 Å². The third-order valence-corrected chi connectivity index (χ3v) is 8.12. The zero-order valence-electron chi connectivity index (χ0n) is 19.3. The van der Waals surface area contributed by atoms with E-state index in [2.05, 4.69) is 40.4 Å². The van der Waals surface area contributed by atoms with Crippen LogP contribution < -0.4 is 10.5 Å². The Hall–Kier alpha value is -2.23. The van der Waals surface area contributed by atoms with Crippen molar-refractivity contribution in [3.05, 3.63) is 41.3 Å². The van der Waals surface area contributed by atoms with Crippen LogP contribution in [0.15, 0.2) is 30.5 Å². The van der Waals surface area contributed by atoms with E-state index in [1.165, 1.54) is 11.9 Å². The highest BCUT2D eigenvalue weighted by molar-refractivity contribution is 8.00. The maximum Gasteiger partial charge on any atom is 0.220 e. The van der Waals surface area contributed by atoms with Crippen LogP contribution in [-0.2, 0) is 0 Å². The standard InChI is InChI=1S/C24H31FN6S2/c1-4-14-32-30-18-7-5-6-17(20(18)25)21-22(19-8-11-27-24(26)28-19)33-23(29-21)16-9-12-31(13-10-16)15(2)3/h5-8,11,15-16,30H,4,9-10,12-14H2,1-3H3,(H2,26,27,28). The van der Waals surface area contributed by atoms with Crippen molar-refractivity contribution in [3.63, 3.8) is 0 Å². The van der Waals surface area contributed by atoms with Crippen LogP contribution in [0.5, 0.6) is 0 Å². The highest BCUT2D eigenvalue weighted by Crippen LogP contribution is 2.42. The fraction of sp³-hybridized carbons (Fsp3) is 0.458. The molecule has 3 N–H and O–H groups in total. The Morgan fingerprint density at radius 2 is 2.03 bits per heavy atom. The van der Waals surface area contributed by atoms with Crippen LogP contribution in [0, 0.1) is 5.82 Å². The van der Waals surface area contributed by atoms with E-state index in [0.29, 0.717) is 34.6 Å². The number of hydrogen-bond donors (Lipinski definition) is 2. The highest BCUT2D eigenvalue weighted by atomic mass is 32.2. The number of halogens is 1. The summed E-state index contributed by atoms with van der Waals surface area (Å²) in [5.41, 5.74) is 8.12. The number of nitrogen functional groups attached to an aromatic ring is 1. The molecular formula is C24H31FN6S2. The van der Waals surface area contributed by atoms with E-state index in [-0.39, 0.29) is 11.8 Å². The van der Waals surface area contributed by atoms with Gasteiger partial charge in [0.15, 0.2) is 5.82 Å². The highest BCUT2D eigenvalue weighted by Gasteiger charge is 2.28. The van der Waals surface area contributed by atoms with E-state index in [9.17, 15) is 0 Å². The molecule has 9 heteroatoms. The van der Waals surface area contributed by atoms with E-state index in [0.717, 1.165) is 48.0 Å². The molecule has 0 bridgehead atoms. The average molecular weight is 487 g/mol. The first-order valence-corrected chi connectivity index (χ1v) is 13.3. The first-order valence-electron chi connectivity index (χ1n) is 11.5. The topological polar surface area (TPSA) is 80.0 Å². The lowest BCUT2D eigenvalue weighted by Gasteiger charge is -2.33. The van der Waals surface area contributed by atoms with Crippen LogP contribution in [0.25, 0.3) is 21.8 Å². The lowest BCUT2D eigenvalue weighted by atomic mass is 9.96. The summed E-state index contributed by atoms with van der Waals surface area (Å²) in [7, 11) is 0. The van der Waals surface area contributed by atoms with E-state index >= 15 is 4.39 Å². The van der Waals surface area contributed by atoms with Gasteiger partial charge in [-0.2, -0.15) is 0 Å². The van der Waals surface area contributed by atoms with Gasteiger partial charge in [-0.05, 0) is 64.4 Å². The fourth-order valence-electron chi connectivity index (χ4n) is 4.06. The molecule has 3 aromatic rings. The predicted molar refractivity (Wildman–Crippen MR) is 138 cm³/mol. The third kappa shape index (κ3) is 5.47. The van der Waals surface area contributed by atoms with Gasteiger partial charge < -0.3 is 15.4 Å². The first kappa shape index (κ1) is 23.9. The number of nitrogens with two attached hydrogens (primary N) is 1.